The lowest BCUT2D eigenvalue weighted by atomic mass is 10.2. The van der Waals surface area contributed by atoms with Crippen LogP contribution in [0.15, 0.2) is 18.2 Å². The fourth-order valence-corrected chi connectivity index (χ4v) is 1.12. The van der Waals surface area contributed by atoms with Gasteiger partial charge in [-0.15, -0.1) is 0 Å². The third kappa shape index (κ3) is 2.48. The highest BCUT2D eigenvalue weighted by molar-refractivity contribution is 5.74. The molecule has 5 heteroatoms. The van der Waals surface area contributed by atoms with E-state index in [4.69, 9.17) is 10.00 Å². The van der Waals surface area contributed by atoms with Crippen molar-refractivity contribution in [2.24, 2.45) is 0 Å². The monoisotopic (exact) mass is 223 g/mol. The number of hydrogen-bond donors (Lipinski definition) is 0. The van der Waals surface area contributed by atoms with Crippen LogP contribution in [0.2, 0.25) is 0 Å². The molecule has 16 heavy (non-hydrogen) atoms. The second-order valence-corrected chi connectivity index (χ2v) is 3.01. The first kappa shape index (κ1) is 12.0. The van der Waals surface area contributed by atoms with E-state index in [1.165, 1.54) is 26.2 Å². The highest BCUT2D eigenvalue weighted by Crippen LogP contribution is 2.21. The summed E-state index contributed by atoms with van der Waals surface area (Å²) in [5.74, 6) is -1.24. The lowest BCUT2D eigenvalue weighted by Crippen LogP contribution is -2.25. The third-order valence-corrected chi connectivity index (χ3v) is 1.92. The zero-order valence-corrected chi connectivity index (χ0v) is 8.86. The summed E-state index contributed by atoms with van der Waals surface area (Å²) in [5.41, 5.74) is -0.224. The van der Waals surface area contributed by atoms with Crippen LogP contribution >= 0.6 is 0 Å². The van der Waals surface area contributed by atoms with Crippen LogP contribution in [0.25, 0.3) is 0 Å². The summed E-state index contributed by atoms with van der Waals surface area (Å²) in [5, 5.41) is 8.72. The van der Waals surface area contributed by atoms with Crippen molar-refractivity contribution in [3.63, 3.8) is 0 Å². The van der Waals surface area contributed by atoms with Crippen LogP contribution in [0.3, 0.4) is 0 Å². The molecule has 0 radical (unpaired) electrons. The normalized spacial score (nSPS) is 11.4. The number of halogens is 1. The van der Waals surface area contributed by atoms with E-state index in [2.05, 4.69) is 4.74 Å². The first-order valence-corrected chi connectivity index (χ1v) is 4.53. The highest BCUT2D eigenvalue weighted by atomic mass is 19.1. The van der Waals surface area contributed by atoms with Crippen LogP contribution in [0, 0.1) is 17.1 Å². The van der Waals surface area contributed by atoms with E-state index in [1.807, 2.05) is 0 Å². The number of hydrogen-bond acceptors (Lipinski definition) is 4. The first-order chi connectivity index (χ1) is 7.60. The summed E-state index contributed by atoms with van der Waals surface area (Å²) in [6, 6.07) is 5.64. The van der Waals surface area contributed by atoms with Gasteiger partial charge in [0.25, 0.3) is 0 Å². The smallest absolute Gasteiger partial charge is 0.346 e. The minimum absolute atomic E-state index is 0.0281. The summed E-state index contributed by atoms with van der Waals surface area (Å²) in [7, 11) is 1.22. The van der Waals surface area contributed by atoms with Crippen molar-refractivity contribution in [3.05, 3.63) is 29.6 Å². The number of carbonyl (C=O) groups excluding carboxylic acids is 1. The van der Waals surface area contributed by atoms with Crippen molar-refractivity contribution < 1.29 is 18.7 Å². The molecule has 0 bridgehead atoms. The maximum absolute atomic E-state index is 13.2. The predicted molar refractivity (Wildman–Crippen MR) is 53.2 cm³/mol. The van der Waals surface area contributed by atoms with Crippen molar-refractivity contribution in [2.45, 2.75) is 13.0 Å². The Labute approximate surface area is 92.2 Å². The molecule has 0 aliphatic carbocycles. The molecule has 0 aliphatic heterocycles. The Hall–Kier alpha value is -2.09. The predicted octanol–water partition coefficient (Wildman–Crippen LogP) is 1.64. The zero-order valence-electron chi connectivity index (χ0n) is 8.86. The molecule has 0 unspecified atom stereocenters. The lowest BCUT2D eigenvalue weighted by molar-refractivity contribution is -0.147. The van der Waals surface area contributed by atoms with E-state index in [0.29, 0.717) is 0 Å². The van der Waals surface area contributed by atoms with Crippen LogP contribution in [-0.2, 0) is 9.53 Å². The quantitative estimate of drug-likeness (QED) is 0.731. The van der Waals surface area contributed by atoms with Gasteiger partial charge in [0.15, 0.2) is 6.10 Å². The maximum Gasteiger partial charge on any atom is 0.346 e. The molecule has 1 atom stereocenters. The van der Waals surface area contributed by atoms with Crippen molar-refractivity contribution in [1.82, 2.24) is 0 Å². The number of methoxy groups -OCH3 is 1. The van der Waals surface area contributed by atoms with Gasteiger partial charge in [-0.1, -0.05) is 6.07 Å². The van der Waals surface area contributed by atoms with Crippen LogP contribution in [0.1, 0.15) is 12.5 Å². The van der Waals surface area contributed by atoms with Crippen LogP contribution in [0.5, 0.6) is 5.75 Å². The Morgan fingerprint density at radius 3 is 2.81 bits per heavy atom. The van der Waals surface area contributed by atoms with E-state index in [0.717, 1.165) is 6.07 Å². The van der Waals surface area contributed by atoms with Gasteiger partial charge in [-0.05, 0) is 19.1 Å². The van der Waals surface area contributed by atoms with Crippen LogP contribution in [0.4, 0.5) is 4.39 Å². The molecule has 0 N–H and O–H groups in total. The molecule has 0 heterocycles. The van der Waals surface area contributed by atoms with Gasteiger partial charge < -0.3 is 9.47 Å². The Kier molecular flexibility index (Phi) is 3.84. The number of benzene rings is 1. The zero-order chi connectivity index (χ0) is 12.1. The molecule has 0 spiro atoms. The van der Waals surface area contributed by atoms with Gasteiger partial charge in [0.05, 0.1) is 7.11 Å². The van der Waals surface area contributed by atoms with Crippen LogP contribution in [-0.4, -0.2) is 19.2 Å². The van der Waals surface area contributed by atoms with E-state index in [-0.39, 0.29) is 11.3 Å². The maximum atomic E-state index is 13.2. The molecule has 1 rings (SSSR count). The Balaban J connectivity index is 2.94. The van der Waals surface area contributed by atoms with Gasteiger partial charge in [0.1, 0.15) is 23.2 Å². The van der Waals surface area contributed by atoms with Crippen molar-refractivity contribution in [2.75, 3.05) is 7.11 Å². The molecule has 0 aromatic heterocycles. The van der Waals surface area contributed by atoms with Crippen molar-refractivity contribution in [1.29, 1.82) is 5.26 Å². The van der Waals surface area contributed by atoms with Gasteiger partial charge in [-0.25, -0.2) is 9.18 Å². The molecule has 0 saturated carbocycles. The van der Waals surface area contributed by atoms with Gasteiger partial charge >= 0.3 is 5.97 Å². The van der Waals surface area contributed by atoms with E-state index < -0.39 is 17.9 Å². The summed E-state index contributed by atoms with van der Waals surface area (Å²) >= 11 is 0. The summed E-state index contributed by atoms with van der Waals surface area (Å²) in [4.78, 5) is 11.1. The van der Waals surface area contributed by atoms with Crippen molar-refractivity contribution in [3.8, 4) is 11.8 Å². The fourth-order valence-electron chi connectivity index (χ4n) is 1.12. The van der Waals surface area contributed by atoms with E-state index in [1.54, 1.807) is 6.07 Å². The standard InChI is InChI=1S/C11H10FNO3/c1-7(11(14)15-2)16-10-5-3-4-9(12)8(10)6-13/h3-5,7H,1-2H3/t7-/m1/s1. The molecule has 1 aromatic carbocycles. The number of nitrogens with zero attached hydrogens (tertiary/aromatic N) is 1. The number of esters is 1. The average Bonchev–Trinajstić information content (AvgIpc) is 2.28. The largest absolute Gasteiger partial charge is 0.478 e. The fraction of sp³-hybridized carbons (Fsp3) is 0.273. The lowest BCUT2D eigenvalue weighted by Gasteiger charge is -2.13. The molecule has 0 fully saturated rings. The average molecular weight is 223 g/mol. The Bertz CT molecular complexity index is 439. The van der Waals surface area contributed by atoms with Gasteiger partial charge in [0, 0.05) is 0 Å². The SMILES string of the molecule is COC(=O)[C@@H](C)Oc1cccc(F)c1C#N. The Morgan fingerprint density at radius 1 is 1.56 bits per heavy atom. The summed E-state index contributed by atoms with van der Waals surface area (Å²) < 4.78 is 22.7. The summed E-state index contributed by atoms with van der Waals surface area (Å²) in [6.45, 7) is 1.46. The second kappa shape index (κ2) is 5.12. The molecule has 0 aliphatic rings. The van der Waals surface area contributed by atoms with Crippen LogP contribution < -0.4 is 4.74 Å². The number of nitriles is 1. The number of rotatable bonds is 3. The number of ether oxygens (including phenoxy) is 2. The second-order valence-electron chi connectivity index (χ2n) is 3.01. The molecule has 0 saturated heterocycles. The van der Waals surface area contributed by atoms with Gasteiger partial charge in [-0.3, -0.25) is 0 Å². The number of carbonyl (C=O) groups is 1. The minimum Gasteiger partial charge on any atom is -0.478 e. The topological polar surface area (TPSA) is 59.3 Å². The molecule has 0 amide bonds. The minimum atomic E-state index is -0.890. The van der Waals surface area contributed by atoms with E-state index in [9.17, 15) is 9.18 Å². The van der Waals surface area contributed by atoms with Gasteiger partial charge in [0.2, 0.25) is 0 Å². The first-order valence-electron chi connectivity index (χ1n) is 4.53. The third-order valence-electron chi connectivity index (χ3n) is 1.92. The van der Waals surface area contributed by atoms with Gasteiger partial charge in [-0.2, -0.15) is 5.26 Å². The molecular formula is C11H10FNO3. The molecule has 4 nitrogen and oxygen atoms in total. The van der Waals surface area contributed by atoms with Crippen molar-refractivity contribution >= 4 is 5.97 Å². The molecular weight excluding hydrogens is 213 g/mol. The molecule has 1 aromatic rings. The summed E-state index contributed by atoms with van der Waals surface area (Å²) in [6.07, 6.45) is -0.890. The molecule has 84 valence electrons. The highest BCUT2D eigenvalue weighted by Gasteiger charge is 2.18. The van der Waals surface area contributed by atoms with E-state index >= 15 is 0 Å². The Morgan fingerprint density at radius 2 is 2.25 bits per heavy atom.